The van der Waals surface area contributed by atoms with Crippen LogP contribution in [0.3, 0.4) is 0 Å². The molecule has 1 saturated heterocycles. The largest absolute Gasteiger partial charge is 0.355 e. The van der Waals surface area contributed by atoms with Crippen LogP contribution in [0.15, 0.2) is 60.7 Å². The van der Waals surface area contributed by atoms with E-state index in [9.17, 15) is 0 Å². The van der Waals surface area contributed by atoms with Gasteiger partial charge >= 0.3 is 0 Å². The molecule has 2 nitrogen and oxygen atoms in total. The predicted octanol–water partition coefficient (Wildman–Crippen LogP) is 3.71. The molecule has 2 aromatic carbocycles. The molecule has 0 radical (unpaired) electrons. The van der Waals surface area contributed by atoms with E-state index in [0.29, 0.717) is 18.6 Å². The van der Waals surface area contributed by atoms with Crippen LogP contribution in [0.2, 0.25) is 0 Å². The number of hydrogen-bond acceptors (Lipinski definition) is 2. The topological polar surface area (TPSA) is 18.5 Å². The van der Waals surface area contributed by atoms with Gasteiger partial charge in [-0.25, -0.2) is 0 Å². The van der Waals surface area contributed by atoms with Gasteiger partial charge in [0, 0.05) is 0 Å². The van der Waals surface area contributed by atoms with Gasteiger partial charge in [-0.1, -0.05) is 60.7 Å². The summed E-state index contributed by atoms with van der Waals surface area (Å²) in [5, 5.41) is 0. The number of ether oxygens (including phenoxy) is 2. The van der Waals surface area contributed by atoms with E-state index in [1.165, 1.54) is 11.1 Å². The Morgan fingerprint density at radius 3 is 1.52 bits per heavy atom. The summed E-state index contributed by atoms with van der Waals surface area (Å²) in [5.74, 6) is 1.02. The maximum Gasteiger partial charge on any atom is 0.146 e. The summed E-state index contributed by atoms with van der Waals surface area (Å²) in [6.45, 7) is 2.00. The van der Waals surface area contributed by atoms with Crippen LogP contribution in [0, 0.1) is 11.8 Å². The second-order valence-electron chi connectivity index (χ2n) is 5.76. The Labute approximate surface area is 126 Å². The van der Waals surface area contributed by atoms with Crippen molar-refractivity contribution in [2.75, 3.05) is 20.0 Å². The summed E-state index contributed by atoms with van der Waals surface area (Å²) >= 11 is 0. The molecule has 0 bridgehead atoms. The highest BCUT2D eigenvalue weighted by Gasteiger charge is 2.25. The molecule has 2 aromatic rings. The second-order valence-corrected chi connectivity index (χ2v) is 5.76. The summed E-state index contributed by atoms with van der Waals surface area (Å²) in [6.07, 6.45) is 2.11. The third-order valence-electron chi connectivity index (χ3n) is 4.18. The van der Waals surface area contributed by atoms with Gasteiger partial charge in [-0.3, -0.25) is 0 Å². The van der Waals surface area contributed by atoms with Gasteiger partial charge in [-0.05, 0) is 35.8 Å². The highest BCUT2D eigenvalue weighted by atomic mass is 16.7. The van der Waals surface area contributed by atoms with Gasteiger partial charge in [-0.15, -0.1) is 0 Å². The van der Waals surface area contributed by atoms with Gasteiger partial charge in [0.05, 0.1) is 13.2 Å². The van der Waals surface area contributed by atoms with Crippen molar-refractivity contribution in [2.45, 2.75) is 12.8 Å². The summed E-state index contributed by atoms with van der Waals surface area (Å²) in [6, 6.07) is 21.4. The fraction of sp³-hybridized carbons (Fsp3) is 0.368. The Hall–Kier alpha value is -1.64. The van der Waals surface area contributed by atoms with E-state index in [0.717, 1.165) is 26.1 Å². The standard InChI is InChI=1S/C19H22O2/c1-3-7-16(8-4-1)11-18-13-20-15-21-14-19(18)12-17-9-5-2-6-10-17/h1-10,18-19H,11-15H2. The van der Waals surface area contributed by atoms with Crippen LogP contribution < -0.4 is 0 Å². The first-order valence-electron chi connectivity index (χ1n) is 7.65. The average molecular weight is 282 g/mol. The van der Waals surface area contributed by atoms with Gasteiger partial charge < -0.3 is 9.47 Å². The molecule has 21 heavy (non-hydrogen) atoms. The van der Waals surface area contributed by atoms with Crippen molar-refractivity contribution in [3.63, 3.8) is 0 Å². The van der Waals surface area contributed by atoms with E-state index < -0.39 is 0 Å². The van der Waals surface area contributed by atoms with Crippen LogP contribution in [0.25, 0.3) is 0 Å². The van der Waals surface area contributed by atoms with Crippen LogP contribution in [-0.2, 0) is 22.3 Å². The molecule has 3 rings (SSSR count). The zero-order chi connectivity index (χ0) is 14.3. The molecule has 1 heterocycles. The lowest BCUT2D eigenvalue weighted by Gasteiger charge is -2.24. The molecule has 0 amide bonds. The third kappa shape index (κ3) is 4.16. The lowest BCUT2D eigenvalue weighted by Crippen LogP contribution is -2.25. The maximum atomic E-state index is 5.63. The third-order valence-corrected chi connectivity index (χ3v) is 4.18. The average Bonchev–Trinajstić information content (AvgIpc) is 2.75. The van der Waals surface area contributed by atoms with Crippen molar-refractivity contribution in [3.8, 4) is 0 Å². The van der Waals surface area contributed by atoms with Crippen molar-refractivity contribution < 1.29 is 9.47 Å². The zero-order valence-corrected chi connectivity index (χ0v) is 12.3. The van der Waals surface area contributed by atoms with Crippen molar-refractivity contribution in [2.24, 2.45) is 11.8 Å². The molecule has 1 aliphatic rings. The molecule has 1 fully saturated rings. The molecule has 1 aliphatic heterocycles. The number of benzene rings is 2. The van der Waals surface area contributed by atoms with Gasteiger partial charge in [0.25, 0.3) is 0 Å². The number of rotatable bonds is 4. The van der Waals surface area contributed by atoms with Crippen molar-refractivity contribution in [1.29, 1.82) is 0 Å². The van der Waals surface area contributed by atoms with Crippen molar-refractivity contribution in [1.82, 2.24) is 0 Å². The first-order chi connectivity index (χ1) is 10.4. The molecule has 2 atom stereocenters. The molecule has 2 unspecified atom stereocenters. The molecular weight excluding hydrogens is 260 g/mol. The maximum absolute atomic E-state index is 5.63. The molecule has 0 spiro atoms. The minimum absolute atomic E-state index is 0.427. The molecule has 0 saturated carbocycles. The lowest BCUT2D eigenvalue weighted by molar-refractivity contribution is -0.0373. The summed E-state index contributed by atoms with van der Waals surface area (Å²) < 4.78 is 11.3. The molecule has 0 N–H and O–H groups in total. The van der Waals surface area contributed by atoms with E-state index >= 15 is 0 Å². The Morgan fingerprint density at radius 1 is 0.667 bits per heavy atom. The minimum atomic E-state index is 0.427. The van der Waals surface area contributed by atoms with Gasteiger partial charge in [0.2, 0.25) is 0 Å². The highest BCUT2D eigenvalue weighted by molar-refractivity contribution is 5.17. The van der Waals surface area contributed by atoms with E-state index in [4.69, 9.17) is 9.47 Å². The van der Waals surface area contributed by atoms with Crippen LogP contribution in [0.4, 0.5) is 0 Å². The quantitative estimate of drug-likeness (QED) is 0.851. The monoisotopic (exact) mass is 282 g/mol. The number of hydrogen-bond donors (Lipinski definition) is 0. The molecule has 0 aliphatic carbocycles. The Kier molecular flexibility index (Phi) is 5.03. The molecule has 2 heteroatoms. The van der Waals surface area contributed by atoms with E-state index in [1.807, 2.05) is 0 Å². The smallest absolute Gasteiger partial charge is 0.146 e. The molecule has 110 valence electrons. The molecule has 0 aromatic heterocycles. The van der Waals surface area contributed by atoms with Gasteiger partial charge in [0.1, 0.15) is 6.79 Å². The van der Waals surface area contributed by atoms with Gasteiger partial charge in [0.15, 0.2) is 0 Å². The predicted molar refractivity (Wildman–Crippen MR) is 84.0 cm³/mol. The van der Waals surface area contributed by atoms with E-state index in [1.54, 1.807) is 0 Å². The SMILES string of the molecule is c1ccc(CC2COCOCC2Cc2ccccc2)cc1. The highest BCUT2D eigenvalue weighted by Crippen LogP contribution is 2.25. The van der Waals surface area contributed by atoms with Crippen LogP contribution >= 0.6 is 0 Å². The van der Waals surface area contributed by atoms with Crippen molar-refractivity contribution in [3.05, 3.63) is 71.8 Å². The van der Waals surface area contributed by atoms with E-state index in [-0.39, 0.29) is 0 Å². The first-order valence-corrected chi connectivity index (χ1v) is 7.65. The molecular formula is C19H22O2. The van der Waals surface area contributed by atoms with Crippen molar-refractivity contribution >= 4 is 0 Å². The Morgan fingerprint density at radius 2 is 1.10 bits per heavy atom. The fourth-order valence-electron chi connectivity index (χ4n) is 3.01. The Balaban J connectivity index is 1.71. The second kappa shape index (κ2) is 7.39. The van der Waals surface area contributed by atoms with Crippen LogP contribution in [0.1, 0.15) is 11.1 Å². The summed E-state index contributed by atoms with van der Waals surface area (Å²) in [5.41, 5.74) is 2.76. The Bertz CT molecular complexity index is 474. The summed E-state index contributed by atoms with van der Waals surface area (Å²) in [4.78, 5) is 0. The van der Waals surface area contributed by atoms with Crippen LogP contribution in [0.5, 0.6) is 0 Å². The summed E-state index contributed by atoms with van der Waals surface area (Å²) in [7, 11) is 0. The zero-order valence-electron chi connectivity index (χ0n) is 12.3. The lowest BCUT2D eigenvalue weighted by atomic mass is 9.84. The van der Waals surface area contributed by atoms with Crippen LogP contribution in [-0.4, -0.2) is 20.0 Å². The normalized spacial score (nSPS) is 22.7. The first kappa shape index (κ1) is 14.3. The minimum Gasteiger partial charge on any atom is -0.355 e. The van der Waals surface area contributed by atoms with E-state index in [2.05, 4.69) is 60.7 Å². The fourth-order valence-corrected chi connectivity index (χ4v) is 3.01. The van der Waals surface area contributed by atoms with Gasteiger partial charge in [-0.2, -0.15) is 0 Å².